The smallest absolute Gasteiger partial charge is 0.281 e. The summed E-state index contributed by atoms with van der Waals surface area (Å²) >= 11 is 0. The number of benzene rings is 3. The van der Waals surface area contributed by atoms with Crippen molar-refractivity contribution in [1.82, 2.24) is 0 Å². The molecule has 0 amide bonds. The van der Waals surface area contributed by atoms with Gasteiger partial charge in [-0.05, 0) is 18.2 Å². The van der Waals surface area contributed by atoms with Crippen LogP contribution in [-0.4, -0.2) is 26.7 Å². The van der Waals surface area contributed by atoms with Gasteiger partial charge in [0.05, 0.1) is 21.6 Å². The van der Waals surface area contributed by atoms with Crippen LogP contribution in [0.5, 0.6) is 11.5 Å². The SMILES string of the molecule is Nc1ccc(O)c2c1C(=O)c1c([N+](=O)[O-])ccc(O)c1C2=O.c1ccccc1. The number of aromatic hydroxyl groups is 2. The molecule has 140 valence electrons. The zero-order valence-electron chi connectivity index (χ0n) is 14.3. The molecule has 0 saturated carbocycles. The van der Waals surface area contributed by atoms with E-state index in [1.165, 1.54) is 6.07 Å². The molecule has 0 atom stereocenters. The lowest BCUT2D eigenvalue weighted by molar-refractivity contribution is -0.385. The van der Waals surface area contributed by atoms with Crippen molar-refractivity contribution in [3.05, 3.63) is 93.0 Å². The summed E-state index contributed by atoms with van der Waals surface area (Å²) < 4.78 is 0. The molecule has 1 aliphatic carbocycles. The molecule has 0 unspecified atom stereocenters. The third-order valence-electron chi connectivity index (χ3n) is 4.15. The zero-order chi connectivity index (χ0) is 20.4. The highest BCUT2D eigenvalue weighted by atomic mass is 16.6. The maximum Gasteiger partial charge on any atom is 0.281 e. The van der Waals surface area contributed by atoms with Crippen LogP contribution in [0, 0.1) is 10.1 Å². The van der Waals surface area contributed by atoms with E-state index >= 15 is 0 Å². The topological polar surface area (TPSA) is 144 Å². The second-order valence-electron chi connectivity index (χ2n) is 5.85. The van der Waals surface area contributed by atoms with Crippen LogP contribution in [0.1, 0.15) is 31.8 Å². The quantitative estimate of drug-likeness (QED) is 0.200. The lowest BCUT2D eigenvalue weighted by Gasteiger charge is -2.20. The number of hydrogen-bond acceptors (Lipinski definition) is 7. The Bertz CT molecular complexity index is 1080. The van der Waals surface area contributed by atoms with Gasteiger partial charge in [0.1, 0.15) is 17.1 Å². The van der Waals surface area contributed by atoms with Crippen LogP contribution >= 0.6 is 0 Å². The Balaban J connectivity index is 0.000000320. The molecule has 0 radical (unpaired) electrons. The van der Waals surface area contributed by atoms with Gasteiger partial charge in [-0.2, -0.15) is 0 Å². The third kappa shape index (κ3) is 3.03. The number of ketones is 2. The molecule has 0 spiro atoms. The van der Waals surface area contributed by atoms with Crippen LogP contribution in [0.25, 0.3) is 0 Å². The predicted octanol–water partition coefficient (Wildman–Crippen LogP) is 3.05. The number of rotatable bonds is 1. The van der Waals surface area contributed by atoms with Crippen molar-refractivity contribution >= 4 is 22.9 Å². The average molecular weight is 378 g/mol. The minimum absolute atomic E-state index is 0.0885. The van der Waals surface area contributed by atoms with Crippen molar-refractivity contribution in [3.8, 4) is 11.5 Å². The maximum absolute atomic E-state index is 12.5. The molecule has 0 bridgehead atoms. The molecule has 28 heavy (non-hydrogen) atoms. The van der Waals surface area contributed by atoms with Gasteiger partial charge in [-0.1, -0.05) is 36.4 Å². The lowest BCUT2D eigenvalue weighted by Crippen LogP contribution is -2.23. The van der Waals surface area contributed by atoms with E-state index in [0.717, 1.165) is 18.2 Å². The van der Waals surface area contributed by atoms with Crippen LogP contribution in [0.15, 0.2) is 60.7 Å². The zero-order valence-corrected chi connectivity index (χ0v) is 14.3. The first-order valence-corrected chi connectivity index (χ1v) is 8.05. The van der Waals surface area contributed by atoms with Gasteiger partial charge in [0.25, 0.3) is 5.69 Å². The molecule has 0 aliphatic heterocycles. The van der Waals surface area contributed by atoms with Crippen molar-refractivity contribution in [2.24, 2.45) is 0 Å². The first-order valence-electron chi connectivity index (χ1n) is 8.05. The van der Waals surface area contributed by atoms with Gasteiger partial charge in [0.2, 0.25) is 11.6 Å². The Labute approximate surface area is 158 Å². The summed E-state index contributed by atoms with van der Waals surface area (Å²) in [5, 5.41) is 30.7. The highest BCUT2D eigenvalue weighted by Crippen LogP contribution is 2.42. The molecule has 3 aromatic carbocycles. The average Bonchev–Trinajstić information content (AvgIpc) is 2.69. The van der Waals surface area contributed by atoms with Crippen molar-refractivity contribution in [3.63, 3.8) is 0 Å². The van der Waals surface area contributed by atoms with E-state index in [4.69, 9.17) is 5.73 Å². The van der Waals surface area contributed by atoms with E-state index < -0.39 is 44.8 Å². The largest absolute Gasteiger partial charge is 0.507 e. The Morgan fingerprint density at radius 1 is 0.714 bits per heavy atom. The predicted molar refractivity (Wildman–Crippen MR) is 101 cm³/mol. The summed E-state index contributed by atoms with van der Waals surface area (Å²) in [6.45, 7) is 0. The fourth-order valence-corrected chi connectivity index (χ4v) is 2.91. The van der Waals surface area contributed by atoms with Crippen LogP contribution < -0.4 is 5.73 Å². The van der Waals surface area contributed by atoms with E-state index in [1.54, 1.807) is 0 Å². The Hall–Kier alpha value is -4.20. The van der Waals surface area contributed by atoms with Gasteiger partial charge in [0.15, 0.2) is 0 Å². The third-order valence-corrected chi connectivity index (χ3v) is 4.15. The maximum atomic E-state index is 12.5. The van der Waals surface area contributed by atoms with Gasteiger partial charge in [-0.3, -0.25) is 19.7 Å². The number of anilines is 1. The van der Waals surface area contributed by atoms with Gasteiger partial charge < -0.3 is 15.9 Å². The number of nitrogens with two attached hydrogens (primary N) is 1. The van der Waals surface area contributed by atoms with Crippen LogP contribution in [0.2, 0.25) is 0 Å². The molecule has 1 aliphatic rings. The number of phenols is 2. The summed E-state index contributed by atoms with van der Waals surface area (Å²) in [4.78, 5) is 35.3. The number of nitrogens with zero attached hydrogens (tertiary/aromatic N) is 1. The summed E-state index contributed by atoms with van der Waals surface area (Å²) in [7, 11) is 0. The number of carbonyl (C=O) groups excluding carboxylic acids is 2. The van der Waals surface area contributed by atoms with Crippen molar-refractivity contribution < 1.29 is 24.7 Å². The van der Waals surface area contributed by atoms with Crippen molar-refractivity contribution in [2.45, 2.75) is 0 Å². The normalized spacial score (nSPS) is 11.7. The van der Waals surface area contributed by atoms with Crippen molar-refractivity contribution in [1.29, 1.82) is 0 Å². The second kappa shape index (κ2) is 7.20. The van der Waals surface area contributed by atoms with Crippen molar-refractivity contribution in [2.75, 3.05) is 5.73 Å². The first kappa shape index (κ1) is 18.6. The number of phenolic OH excluding ortho intramolecular Hbond substituents is 2. The number of hydrogen-bond donors (Lipinski definition) is 3. The monoisotopic (exact) mass is 378 g/mol. The highest BCUT2D eigenvalue weighted by molar-refractivity contribution is 6.33. The minimum Gasteiger partial charge on any atom is -0.507 e. The Morgan fingerprint density at radius 3 is 1.64 bits per heavy atom. The number of nitrogen functional groups attached to an aromatic ring is 1. The molecule has 4 N–H and O–H groups in total. The van der Waals surface area contributed by atoms with Gasteiger partial charge in [-0.25, -0.2) is 0 Å². The summed E-state index contributed by atoms with van der Waals surface area (Å²) in [5.41, 5.74) is 3.27. The van der Waals surface area contributed by atoms with Crippen LogP contribution in [-0.2, 0) is 0 Å². The summed E-state index contributed by atoms with van der Waals surface area (Å²) in [6.07, 6.45) is 0. The molecule has 8 heteroatoms. The van der Waals surface area contributed by atoms with E-state index in [-0.39, 0.29) is 16.8 Å². The first-order chi connectivity index (χ1) is 13.3. The van der Waals surface area contributed by atoms with Gasteiger partial charge in [0, 0.05) is 11.8 Å². The van der Waals surface area contributed by atoms with Crippen LogP contribution in [0.4, 0.5) is 11.4 Å². The number of nitro benzene ring substituents is 1. The number of nitro groups is 1. The highest BCUT2D eigenvalue weighted by Gasteiger charge is 2.40. The molecule has 0 heterocycles. The fourth-order valence-electron chi connectivity index (χ4n) is 2.91. The number of carbonyl (C=O) groups is 2. The molecule has 0 fully saturated rings. The Kier molecular flexibility index (Phi) is 4.78. The molecule has 0 saturated heterocycles. The standard InChI is InChI=1S/C14H8N2O6.C6H6/c15-5-1-3-7(17)11-9(5)13(19)10-6(16(21)22)2-4-8(18)12(10)14(11)20;1-2-4-6-5-3-1/h1-4,17-18H,15H2;1-6H. The summed E-state index contributed by atoms with van der Waals surface area (Å²) in [5.74, 6) is -2.85. The summed E-state index contributed by atoms with van der Waals surface area (Å²) in [6, 6.07) is 16.2. The molecule has 0 aromatic heterocycles. The number of fused-ring (bicyclic) bond motifs is 2. The van der Waals surface area contributed by atoms with Gasteiger partial charge >= 0.3 is 0 Å². The van der Waals surface area contributed by atoms with E-state index in [9.17, 15) is 29.9 Å². The Morgan fingerprint density at radius 2 is 1.14 bits per heavy atom. The minimum atomic E-state index is -0.893. The van der Waals surface area contributed by atoms with Gasteiger partial charge in [-0.15, -0.1) is 0 Å². The fraction of sp³-hybridized carbons (Fsp3) is 0. The van der Waals surface area contributed by atoms with Crippen LogP contribution in [0.3, 0.4) is 0 Å². The lowest BCUT2D eigenvalue weighted by atomic mass is 9.81. The molecule has 4 rings (SSSR count). The van der Waals surface area contributed by atoms with E-state index in [1.807, 2.05) is 36.4 Å². The molecule has 8 nitrogen and oxygen atoms in total. The molecular weight excluding hydrogens is 364 g/mol. The molecular formula is C20H14N2O6. The second-order valence-corrected chi connectivity index (χ2v) is 5.85. The van der Waals surface area contributed by atoms with E-state index in [0.29, 0.717) is 0 Å². The van der Waals surface area contributed by atoms with E-state index in [2.05, 4.69) is 0 Å². The molecule has 3 aromatic rings.